The fourth-order valence-corrected chi connectivity index (χ4v) is 7.55. The molecule has 0 aliphatic heterocycles. The van der Waals surface area contributed by atoms with Gasteiger partial charge in [-0.2, -0.15) is 0 Å². The molecule has 8 aromatic carbocycles. The zero-order chi connectivity index (χ0) is 35.8. The second-order valence-electron chi connectivity index (χ2n) is 13.4. The smallest absolute Gasteiger partial charge is 0.164 e. The van der Waals surface area contributed by atoms with Gasteiger partial charge in [-0.05, 0) is 67.7 Å². The van der Waals surface area contributed by atoms with E-state index in [0.29, 0.717) is 17.5 Å². The second-order valence-corrected chi connectivity index (χ2v) is 13.4. The predicted molar refractivity (Wildman–Crippen MR) is 223 cm³/mol. The molecule has 0 bridgehead atoms. The molecule has 0 radical (unpaired) electrons. The fraction of sp³-hybridized carbons (Fsp3) is 0. The Balaban J connectivity index is 1.11. The molecule has 2 aromatic heterocycles. The number of rotatable bonds is 6. The van der Waals surface area contributed by atoms with Crippen molar-refractivity contribution in [1.29, 1.82) is 0 Å². The number of fused-ring (bicyclic) bond motifs is 3. The first-order valence-corrected chi connectivity index (χ1v) is 18.1. The largest absolute Gasteiger partial charge is 0.248 e. The van der Waals surface area contributed by atoms with Crippen molar-refractivity contribution in [3.63, 3.8) is 0 Å². The van der Waals surface area contributed by atoms with Crippen LogP contribution in [0.2, 0.25) is 0 Å². The third-order valence-corrected chi connectivity index (χ3v) is 10.1. The molecular formula is C50H32N4. The molecule has 0 amide bonds. The summed E-state index contributed by atoms with van der Waals surface area (Å²) >= 11 is 0. The van der Waals surface area contributed by atoms with Crippen LogP contribution < -0.4 is 0 Å². The van der Waals surface area contributed by atoms with E-state index < -0.39 is 0 Å². The Hall–Kier alpha value is -7.30. The summed E-state index contributed by atoms with van der Waals surface area (Å²) in [4.78, 5) is 20.2. The molecule has 0 aliphatic rings. The number of hydrogen-bond donors (Lipinski definition) is 0. The Morgan fingerprint density at radius 2 is 0.704 bits per heavy atom. The van der Waals surface area contributed by atoms with Crippen molar-refractivity contribution in [2.45, 2.75) is 0 Å². The Labute approximate surface area is 313 Å². The fourth-order valence-electron chi connectivity index (χ4n) is 7.55. The first-order chi connectivity index (χ1) is 26.8. The van der Waals surface area contributed by atoms with Crippen molar-refractivity contribution in [2.75, 3.05) is 0 Å². The lowest BCUT2D eigenvalue weighted by Gasteiger charge is -2.18. The highest BCUT2D eigenvalue weighted by Crippen LogP contribution is 2.44. The predicted octanol–water partition coefficient (Wildman–Crippen LogP) is 12.7. The van der Waals surface area contributed by atoms with Crippen LogP contribution in [0.5, 0.6) is 0 Å². The van der Waals surface area contributed by atoms with E-state index in [9.17, 15) is 0 Å². The van der Waals surface area contributed by atoms with Gasteiger partial charge in [0.25, 0.3) is 0 Å². The molecular weight excluding hydrogens is 657 g/mol. The molecule has 4 nitrogen and oxygen atoms in total. The molecule has 54 heavy (non-hydrogen) atoms. The maximum Gasteiger partial charge on any atom is 0.164 e. The van der Waals surface area contributed by atoms with E-state index in [4.69, 9.17) is 19.9 Å². The van der Waals surface area contributed by atoms with Crippen molar-refractivity contribution < 1.29 is 0 Å². The van der Waals surface area contributed by atoms with Crippen LogP contribution in [0.15, 0.2) is 194 Å². The quantitative estimate of drug-likeness (QED) is 0.163. The molecule has 0 saturated carbocycles. The van der Waals surface area contributed by atoms with Gasteiger partial charge in [0.1, 0.15) is 0 Å². The van der Waals surface area contributed by atoms with Crippen LogP contribution in [0.4, 0.5) is 0 Å². The maximum atomic E-state index is 5.37. The zero-order valence-electron chi connectivity index (χ0n) is 29.3. The van der Waals surface area contributed by atoms with Crippen molar-refractivity contribution in [3.8, 4) is 67.8 Å². The van der Waals surface area contributed by atoms with Gasteiger partial charge >= 0.3 is 0 Å². The molecule has 10 aromatic rings. The summed E-state index contributed by atoms with van der Waals surface area (Å²) in [6, 6.07) is 67.6. The average Bonchev–Trinajstić information content (AvgIpc) is 3.26. The third kappa shape index (κ3) is 5.67. The summed E-state index contributed by atoms with van der Waals surface area (Å²) in [6.07, 6.45) is 0. The van der Waals surface area contributed by atoms with E-state index in [1.807, 2.05) is 60.7 Å². The molecule has 0 spiro atoms. The third-order valence-electron chi connectivity index (χ3n) is 10.1. The highest BCUT2D eigenvalue weighted by Gasteiger charge is 2.18. The van der Waals surface area contributed by atoms with Crippen molar-refractivity contribution in [3.05, 3.63) is 194 Å². The normalized spacial score (nSPS) is 11.3. The number of hydrogen-bond acceptors (Lipinski definition) is 4. The molecule has 0 fully saturated rings. The van der Waals surface area contributed by atoms with Crippen molar-refractivity contribution >= 4 is 32.3 Å². The van der Waals surface area contributed by atoms with Crippen LogP contribution in [0.1, 0.15) is 0 Å². The van der Waals surface area contributed by atoms with Gasteiger partial charge < -0.3 is 0 Å². The molecule has 0 saturated heterocycles. The van der Waals surface area contributed by atoms with Crippen molar-refractivity contribution in [2.24, 2.45) is 0 Å². The van der Waals surface area contributed by atoms with E-state index >= 15 is 0 Å². The van der Waals surface area contributed by atoms with E-state index in [1.165, 1.54) is 43.4 Å². The Morgan fingerprint density at radius 3 is 1.33 bits per heavy atom. The van der Waals surface area contributed by atoms with Gasteiger partial charge in [-0.1, -0.05) is 170 Å². The van der Waals surface area contributed by atoms with E-state index in [0.717, 1.165) is 39.2 Å². The molecule has 2 heterocycles. The molecule has 252 valence electrons. The first kappa shape index (κ1) is 31.4. The number of aromatic nitrogens is 4. The lowest BCUT2D eigenvalue weighted by molar-refractivity contribution is 1.07. The Morgan fingerprint density at radius 1 is 0.241 bits per heavy atom. The van der Waals surface area contributed by atoms with Crippen LogP contribution in [0.3, 0.4) is 0 Å². The van der Waals surface area contributed by atoms with Crippen molar-refractivity contribution in [1.82, 2.24) is 19.9 Å². The van der Waals surface area contributed by atoms with E-state index in [-0.39, 0.29) is 0 Å². The lowest BCUT2D eigenvalue weighted by atomic mass is 9.86. The van der Waals surface area contributed by atoms with Crippen LogP contribution in [-0.4, -0.2) is 19.9 Å². The number of benzene rings is 8. The van der Waals surface area contributed by atoms with Crippen LogP contribution >= 0.6 is 0 Å². The zero-order valence-corrected chi connectivity index (χ0v) is 29.3. The van der Waals surface area contributed by atoms with Gasteiger partial charge in [0.15, 0.2) is 17.5 Å². The topological polar surface area (TPSA) is 51.6 Å². The standard InChI is InChI=1S/C50H32N4/c1-3-16-34(17-4-1)48-52-49(35-18-5-2-6-19-35)54-50(53-48)39-22-13-21-37(32-39)44-27-14-28-45(51-44)47-42-25-11-9-23-40(42)46(41-24-10-12-26-43(41)47)38-30-29-33-15-7-8-20-36(33)31-38/h1-32H. The molecule has 10 rings (SSSR count). The van der Waals surface area contributed by atoms with Gasteiger partial charge in [0, 0.05) is 27.8 Å². The molecule has 0 aliphatic carbocycles. The summed E-state index contributed by atoms with van der Waals surface area (Å²) in [7, 11) is 0. The van der Waals surface area contributed by atoms with E-state index in [1.54, 1.807) is 0 Å². The Bertz CT molecular complexity index is 2880. The minimum Gasteiger partial charge on any atom is -0.248 e. The molecule has 0 N–H and O–H groups in total. The molecule has 4 heteroatoms. The van der Waals surface area contributed by atoms with Gasteiger partial charge in [0.05, 0.1) is 11.4 Å². The summed E-state index contributed by atoms with van der Waals surface area (Å²) in [5.41, 5.74) is 9.13. The highest BCUT2D eigenvalue weighted by molar-refractivity contribution is 6.21. The molecule has 0 unspecified atom stereocenters. The second kappa shape index (κ2) is 13.4. The summed E-state index contributed by atoms with van der Waals surface area (Å²) < 4.78 is 0. The summed E-state index contributed by atoms with van der Waals surface area (Å²) in [5.74, 6) is 1.88. The number of pyridine rings is 1. The van der Waals surface area contributed by atoms with Gasteiger partial charge in [-0.15, -0.1) is 0 Å². The maximum absolute atomic E-state index is 5.37. The summed E-state index contributed by atoms with van der Waals surface area (Å²) in [5, 5.41) is 7.21. The molecule has 0 atom stereocenters. The average molecular weight is 689 g/mol. The minimum absolute atomic E-state index is 0.613. The minimum atomic E-state index is 0.613. The van der Waals surface area contributed by atoms with Gasteiger partial charge in [-0.3, -0.25) is 0 Å². The lowest BCUT2D eigenvalue weighted by Crippen LogP contribution is -2.00. The van der Waals surface area contributed by atoms with Crippen LogP contribution in [0.25, 0.3) is 100 Å². The SMILES string of the molecule is c1ccc(-c2nc(-c3ccccc3)nc(-c3cccc(-c4cccc(-c5c6ccccc6c(-c6ccc7ccccc7c6)c6ccccc56)n4)c3)n2)cc1. The van der Waals surface area contributed by atoms with Crippen LogP contribution in [-0.2, 0) is 0 Å². The highest BCUT2D eigenvalue weighted by atomic mass is 15.0. The van der Waals surface area contributed by atoms with E-state index in [2.05, 4.69) is 133 Å². The number of nitrogens with zero attached hydrogens (tertiary/aromatic N) is 4. The monoisotopic (exact) mass is 688 g/mol. The first-order valence-electron chi connectivity index (χ1n) is 18.1. The van der Waals surface area contributed by atoms with Gasteiger partial charge in [0.2, 0.25) is 0 Å². The van der Waals surface area contributed by atoms with Crippen LogP contribution in [0, 0.1) is 0 Å². The Kier molecular flexibility index (Phi) is 7.77. The summed E-state index contributed by atoms with van der Waals surface area (Å²) in [6.45, 7) is 0. The van der Waals surface area contributed by atoms with Gasteiger partial charge in [-0.25, -0.2) is 19.9 Å².